The standard InChI is InChI=1S/C16H24N4O/c1-4-13(7-8-17)5-6-14-19-16(20-21-14)15-12(3)9-11(2)10-18-15/h9-10,13H,4-8,17H2,1-3H3. The van der Waals surface area contributed by atoms with Crippen LogP contribution in [-0.2, 0) is 6.42 Å². The summed E-state index contributed by atoms with van der Waals surface area (Å²) in [6, 6.07) is 2.08. The van der Waals surface area contributed by atoms with Crippen molar-refractivity contribution in [2.75, 3.05) is 6.54 Å². The molecule has 114 valence electrons. The first-order valence-electron chi connectivity index (χ1n) is 7.60. The first kappa shape index (κ1) is 15.6. The highest BCUT2D eigenvalue weighted by Gasteiger charge is 2.14. The van der Waals surface area contributed by atoms with Crippen molar-refractivity contribution in [3.8, 4) is 11.5 Å². The predicted molar refractivity (Wildman–Crippen MR) is 82.8 cm³/mol. The van der Waals surface area contributed by atoms with E-state index >= 15 is 0 Å². The Bertz CT molecular complexity index is 579. The number of pyridine rings is 1. The minimum atomic E-state index is 0.578. The summed E-state index contributed by atoms with van der Waals surface area (Å²) in [5.41, 5.74) is 8.62. The summed E-state index contributed by atoms with van der Waals surface area (Å²) in [7, 11) is 0. The van der Waals surface area contributed by atoms with Crippen LogP contribution in [0.25, 0.3) is 11.5 Å². The fraction of sp³-hybridized carbons (Fsp3) is 0.562. The number of rotatable bonds is 7. The van der Waals surface area contributed by atoms with Gasteiger partial charge in [0.05, 0.1) is 0 Å². The van der Waals surface area contributed by atoms with Crippen molar-refractivity contribution >= 4 is 0 Å². The van der Waals surface area contributed by atoms with Gasteiger partial charge in [0.25, 0.3) is 0 Å². The van der Waals surface area contributed by atoms with Crippen molar-refractivity contribution in [1.82, 2.24) is 15.1 Å². The van der Waals surface area contributed by atoms with Crippen LogP contribution in [-0.4, -0.2) is 21.7 Å². The third-order valence-electron chi connectivity index (χ3n) is 3.81. The molecular formula is C16H24N4O. The molecule has 5 nitrogen and oxygen atoms in total. The average Bonchev–Trinajstić information content (AvgIpc) is 2.92. The summed E-state index contributed by atoms with van der Waals surface area (Å²) in [6.07, 6.45) is 5.85. The molecule has 2 aromatic rings. The van der Waals surface area contributed by atoms with Crippen LogP contribution in [0.1, 0.15) is 43.2 Å². The highest BCUT2D eigenvalue weighted by atomic mass is 16.5. The van der Waals surface area contributed by atoms with Crippen LogP contribution in [0.5, 0.6) is 0 Å². The van der Waals surface area contributed by atoms with Gasteiger partial charge in [0.15, 0.2) is 0 Å². The molecule has 0 bridgehead atoms. The normalized spacial score (nSPS) is 12.6. The van der Waals surface area contributed by atoms with Crippen LogP contribution in [0.15, 0.2) is 16.8 Å². The van der Waals surface area contributed by atoms with Crippen molar-refractivity contribution in [2.24, 2.45) is 11.7 Å². The van der Waals surface area contributed by atoms with Gasteiger partial charge >= 0.3 is 0 Å². The van der Waals surface area contributed by atoms with Crippen LogP contribution in [0, 0.1) is 19.8 Å². The van der Waals surface area contributed by atoms with Gasteiger partial charge in [0.2, 0.25) is 11.7 Å². The Morgan fingerprint density at radius 3 is 2.76 bits per heavy atom. The van der Waals surface area contributed by atoms with E-state index in [2.05, 4.69) is 28.1 Å². The quantitative estimate of drug-likeness (QED) is 0.847. The first-order valence-corrected chi connectivity index (χ1v) is 7.60. The zero-order chi connectivity index (χ0) is 15.2. The van der Waals surface area contributed by atoms with E-state index in [1.165, 1.54) is 0 Å². The van der Waals surface area contributed by atoms with E-state index in [4.69, 9.17) is 10.3 Å². The minimum absolute atomic E-state index is 0.578. The third kappa shape index (κ3) is 4.11. The first-order chi connectivity index (χ1) is 10.1. The Morgan fingerprint density at radius 2 is 2.10 bits per heavy atom. The van der Waals surface area contributed by atoms with E-state index in [0.29, 0.717) is 17.6 Å². The molecule has 0 amide bonds. The predicted octanol–water partition coefficient (Wildman–Crippen LogP) is 3.06. The van der Waals surface area contributed by atoms with Gasteiger partial charge in [-0.2, -0.15) is 4.98 Å². The minimum Gasteiger partial charge on any atom is -0.339 e. The van der Waals surface area contributed by atoms with Crippen molar-refractivity contribution in [1.29, 1.82) is 0 Å². The molecule has 0 fully saturated rings. The lowest BCUT2D eigenvalue weighted by Crippen LogP contribution is -2.09. The van der Waals surface area contributed by atoms with Gasteiger partial charge in [-0.1, -0.05) is 24.6 Å². The largest absolute Gasteiger partial charge is 0.339 e. The average molecular weight is 288 g/mol. The van der Waals surface area contributed by atoms with E-state index in [1.54, 1.807) is 0 Å². The number of hydrogen-bond donors (Lipinski definition) is 1. The van der Waals surface area contributed by atoms with Crippen LogP contribution in [0.2, 0.25) is 0 Å². The molecule has 0 aliphatic rings. The van der Waals surface area contributed by atoms with Crippen molar-refractivity contribution in [3.63, 3.8) is 0 Å². The second-order valence-electron chi connectivity index (χ2n) is 5.58. The number of nitrogens with two attached hydrogens (primary N) is 1. The monoisotopic (exact) mass is 288 g/mol. The summed E-state index contributed by atoms with van der Waals surface area (Å²) < 4.78 is 5.34. The molecule has 0 spiro atoms. The second-order valence-corrected chi connectivity index (χ2v) is 5.58. The molecule has 2 aromatic heterocycles. The summed E-state index contributed by atoms with van der Waals surface area (Å²) in [5.74, 6) is 1.89. The Kier molecular flexibility index (Phi) is 5.44. The highest BCUT2D eigenvalue weighted by Crippen LogP contribution is 2.20. The lowest BCUT2D eigenvalue weighted by atomic mass is 9.97. The summed E-state index contributed by atoms with van der Waals surface area (Å²) in [6.45, 7) is 6.97. The summed E-state index contributed by atoms with van der Waals surface area (Å²) in [5, 5.41) is 4.05. The maximum absolute atomic E-state index is 5.62. The van der Waals surface area contributed by atoms with Gasteiger partial charge < -0.3 is 10.3 Å². The molecule has 2 rings (SSSR count). The van der Waals surface area contributed by atoms with Crippen LogP contribution >= 0.6 is 0 Å². The molecule has 0 saturated carbocycles. The van der Waals surface area contributed by atoms with E-state index in [-0.39, 0.29) is 0 Å². The number of nitrogens with zero attached hydrogens (tertiary/aromatic N) is 3. The molecule has 0 radical (unpaired) electrons. The lowest BCUT2D eigenvalue weighted by molar-refractivity contribution is 0.354. The van der Waals surface area contributed by atoms with E-state index < -0.39 is 0 Å². The lowest BCUT2D eigenvalue weighted by Gasteiger charge is -2.11. The smallest absolute Gasteiger partial charge is 0.227 e. The number of aryl methyl sites for hydroxylation is 3. The molecule has 1 atom stereocenters. The number of aromatic nitrogens is 3. The second kappa shape index (κ2) is 7.31. The Labute approximate surface area is 126 Å². The van der Waals surface area contributed by atoms with Crippen molar-refractivity contribution in [3.05, 3.63) is 29.3 Å². The Balaban J connectivity index is 2.04. The van der Waals surface area contributed by atoms with Crippen molar-refractivity contribution < 1.29 is 4.52 Å². The zero-order valence-electron chi connectivity index (χ0n) is 13.1. The fourth-order valence-electron chi connectivity index (χ4n) is 2.52. The van der Waals surface area contributed by atoms with Crippen LogP contribution in [0.3, 0.4) is 0 Å². The maximum Gasteiger partial charge on any atom is 0.227 e. The topological polar surface area (TPSA) is 77.8 Å². The van der Waals surface area contributed by atoms with Gasteiger partial charge in [-0.15, -0.1) is 0 Å². The molecule has 2 heterocycles. The summed E-state index contributed by atoms with van der Waals surface area (Å²) in [4.78, 5) is 8.87. The molecular weight excluding hydrogens is 264 g/mol. The van der Waals surface area contributed by atoms with E-state index in [0.717, 1.165) is 49.0 Å². The van der Waals surface area contributed by atoms with Gasteiger partial charge in [-0.25, -0.2) is 0 Å². The maximum atomic E-state index is 5.62. The molecule has 5 heteroatoms. The van der Waals surface area contributed by atoms with Crippen molar-refractivity contribution in [2.45, 2.75) is 46.5 Å². The summed E-state index contributed by atoms with van der Waals surface area (Å²) >= 11 is 0. The molecule has 0 aromatic carbocycles. The van der Waals surface area contributed by atoms with Gasteiger partial charge in [0.1, 0.15) is 5.69 Å². The SMILES string of the molecule is CCC(CCN)CCc1nc(-c2ncc(C)cc2C)no1. The van der Waals surface area contributed by atoms with E-state index in [1.807, 2.05) is 20.0 Å². The zero-order valence-corrected chi connectivity index (χ0v) is 13.1. The molecule has 0 saturated heterocycles. The highest BCUT2D eigenvalue weighted by molar-refractivity contribution is 5.53. The molecule has 2 N–H and O–H groups in total. The Morgan fingerprint density at radius 1 is 1.29 bits per heavy atom. The van der Waals surface area contributed by atoms with Gasteiger partial charge in [-0.05, 0) is 50.3 Å². The van der Waals surface area contributed by atoms with Crippen LogP contribution in [0.4, 0.5) is 0 Å². The van der Waals surface area contributed by atoms with Gasteiger partial charge in [-0.3, -0.25) is 4.98 Å². The number of hydrogen-bond acceptors (Lipinski definition) is 5. The fourth-order valence-corrected chi connectivity index (χ4v) is 2.52. The Hall–Kier alpha value is -1.75. The van der Waals surface area contributed by atoms with Crippen LogP contribution < -0.4 is 5.73 Å². The molecule has 1 unspecified atom stereocenters. The molecule has 0 aliphatic heterocycles. The third-order valence-corrected chi connectivity index (χ3v) is 3.81. The molecule has 21 heavy (non-hydrogen) atoms. The van der Waals surface area contributed by atoms with E-state index in [9.17, 15) is 0 Å². The van der Waals surface area contributed by atoms with Gasteiger partial charge in [0, 0.05) is 12.6 Å². The molecule has 0 aliphatic carbocycles.